The van der Waals surface area contributed by atoms with Gasteiger partial charge >= 0.3 is 20.1 Å². The first-order valence-electron chi connectivity index (χ1n) is 26.9. The van der Waals surface area contributed by atoms with E-state index in [0.717, 1.165) is 41.8 Å². The van der Waals surface area contributed by atoms with Gasteiger partial charge in [0.1, 0.15) is 5.58 Å². The van der Waals surface area contributed by atoms with Crippen LogP contribution in [0.1, 0.15) is 98.1 Å². The molecule has 0 radical (unpaired) electrons. The number of pyridine rings is 3. The molecule has 9 aromatic rings. The van der Waals surface area contributed by atoms with E-state index < -0.39 is 54.9 Å². The van der Waals surface area contributed by atoms with Gasteiger partial charge in [0.05, 0.1) is 17.2 Å². The molecule has 1 aliphatic carbocycles. The van der Waals surface area contributed by atoms with Crippen molar-refractivity contribution in [3.05, 3.63) is 208 Å². The fraction of sp³-hybridized carbons (Fsp3) is 0.207. The van der Waals surface area contributed by atoms with E-state index in [1.54, 1.807) is 66.7 Å². The van der Waals surface area contributed by atoms with E-state index in [1.165, 1.54) is 42.9 Å². The summed E-state index contributed by atoms with van der Waals surface area (Å²) in [6, 6.07) is 43.3. The molecule has 0 unspecified atom stereocenters. The van der Waals surface area contributed by atoms with Gasteiger partial charge in [-0.2, -0.15) is 5.26 Å². The van der Waals surface area contributed by atoms with E-state index in [4.69, 9.17) is 9.40 Å². The van der Waals surface area contributed by atoms with Crippen LogP contribution in [0.25, 0.3) is 55.7 Å². The molecule has 4 heterocycles. The molecule has 314 valence electrons. The molecule has 6 heteroatoms. The number of fused-ring (bicyclic) bond motifs is 3. The molecule has 10 rings (SSSR count). The maximum atomic E-state index is 9.84. The number of nitrogens with zero attached hydrogens (tertiary/aromatic N) is 4. The van der Waals surface area contributed by atoms with Crippen molar-refractivity contribution in [2.75, 3.05) is 0 Å². The number of aryl methyl sites for hydroxylation is 7. The van der Waals surface area contributed by atoms with Crippen LogP contribution in [0.3, 0.4) is 0 Å². The molecule has 0 aliphatic heterocycles. The van der Waals surface area contributed by atoms with E-state index in [0.29, 0.717) is 74.5 Å². The summed E-state index contributed by atoms with van der Waals surface area (Å²) in [6.07, 6.45) is -11.4. The predicted octanol–water partition coefficient (Wildman–Crippen LogP) is 13.4. The first-order chi connectivity index (χ1) is 35.6. The molecule has 0 saturated heterocycles. The molecule has 0 N–H and O–H groups in total. The fourth-order valence-electron chi connectivity index (χ4n) is 8.17. The summed E-state index contributed by atoms with van der Waals surface area (Å²) in [4.78, 5) is 13.6. The van der Waals surface area contributed by atoms with Gasteiger partial charge in [0, 0.05) is 46.0 Å². The summed E-state index contributed by atoms with van der Waals surface area (Å²) in [5.41, 5.74) is 3.45. The third kappa shape index (κ3) is 9.25. The zero-order chi connectivity index (χ0) is 53.3. The molecule has 4 aromatic heterocycles. The Morgan fingerprint density at radius 1 is 0.609 bits per heavy atom. The molecule has 0 spiro atoms. The van der Waals surface area contributed by atoms with Gasteiger partial charge in [-0.1, -0.05) is 78.4 Å². The monoisotopic (exact) mass is 1020 g/mol. The maximum absolute atomic E-state index is 9.84. The van der Waals surface area contributed by atoms with Crippen molar-refractivity contribution in [1.29, 1.82) is 5.26 Å². The van der Waals surface area contributed by atoms with E-state index in [2.05, 4.69) is 34.2 Å². The Kier molecular flexibility index (Phi) is 9.30. The third-order valence-electron chi connectivity index (χ3n) is 11.4. The van der Waals surface area contributed by atoms with Crippen molar-refractivity contribution in [2.45, 2.75) is 76.8 Å². The summed E-state index contributed by atoms with van der Waals surface area (Å²) < 4.78 is 121. The summed E-state index contributed by atoms with van der Waals surface area (Å²) in [5, 5.41) is 11.3. The second-order valence-electron chi connectivity index (χ2n) is 15.5. The topological polar surface area (TPSA) is 75.6 Å². The average Bonchev–Trinajstić information content (AvgIpc) is 4.11. The van der Waals surface area contributed by atoms with Crippen LogP contribution in [-0.2, 0) is 58.3 Å². The first kappa shape index (κ1) is 30.6. The predicted molar refractivity (Wildman–Crippen MR) is 252 cm³/mol. The molecule has 5 nitrogen and oxygen atoms in total. The molecule has 1 fully saturated rings. The van der Waals surface area contributed by atoms with Gasteiger partial charge in [-0.05, 0) is 126 Å². The Labute approximate surface area is 406 Å². The SMILES string of the molecule is [2H]C([2H])(c1ccc(-c2[c-]cccc2)nc1)C([2H])([2H])c1cc(C([2H])([2H])C([2H])([2H])c2ccc(-c3[c-]cccc3)nc2)cc(C([2H])([2H])C([2H])([2H])c2cnc(-c3[c-]ccc4c3oc3c(C)c(C#N)ccc34)cc2C2CCCC2)c1.[Ir+3]. The van der Waals surface area contributed by atoms with E-state index in [1.807, 2.05) is 19.1 Å². The minimum absolute atomic E-state index is 0. The van der Waals surface area contributed by atoms with Crippen molar-refractivity contribution >= 4 is 21.9 Å². The second-order valence-corrected chi connectivity index (χ2v) is 15.5. The van der Waals surface area contributed by atoms with Crippen LogP contribution in [0.2, 0.25) is 0 Å². The molecule has 1 aliphatic rings. The van der Waals surface area contributed by atoms with Gasteiger partial charge in [0.25, 0.3) is 0 Å². The average molecular weight is 1020 g/mol. The zero-order valence-corrected chi connectivity index (χ0v) is 37.1. The number of rotatable bonds is 13. The van der Waals surface area contributed by atoms with Crippen LogP contribution >= 0.6 is 0 Å². The fourth-order valence-corrected chi connectivity index (χ4v) is 8.17. The normalized spacial score (nSPS) is 16.8. The third-order valence-corrected chi connectivity index (χ3v) is 11.4. The van der Waals surface area contributed by atoms with Gasteiger partial charge in [-0.15, -0.1) is 90.0 Å². The van der Waals surface area contributed by atoms with Crippen molar-refractivity contribution in [1.82, 2.24) is 15.0 Å². The number of nitriles is 1. The maximum Gasteiger partial charge on any atom is 3.00 e. The second kappa shape index (κ2) is 19.5. The molecule has 5 aromatic carbocycles. The Bertz CT molecular complexity index is 3530. The number of aromatic nitrogens is 3. The number of hydrogen-bond acceptors (Lipinski definition) is 5. The van der Waals surface area contributed by atoms with Crippen molar-refractivity contribution < 1.29 is 41.0 Å². The van der Waals surface area contributed by atoms with Gasteiger partial charge < -0.3 is 19.4 Å². The van der Waals surface area contributed by atoms with Gasteiger partial charge in [-0.3, -0.25) is 0 Å². The Hall–Kier alpha value is -6.51. The first-order valence-corrected chi connectivity index (χ1v) is 20.9. The zero-order valence-electron chi connectivity index (χ0n) is 46.7. The van der Waals surface area contributed by atoms with Crippen LogP contribution < -0.4 is 0 Å². The minimum atomic E-state index is -3.13. The molecule has 0 amide bonds. The van der Waals surface area contributed by atoms with Crippen molar-refractivity contribution in [3.63, 3.8) is 0 Å². The quantitative estimate of drug-likeness (QED) is 0.108. The van der Waals surface area contributed by atoms with Crippen LogP contribution in [-0.4, -0.2) is 15.0 Å². The Morgan fingerprint density at radius 2 is 1.19 bits per heavy atom. The van der Waals surface area contributed by atoms with Crippen molar-refractivity contribution in [3.8, 4) is 39.8 Å². The van der Waals surface area contributed by atoms with E-state index in [9.17, 15) is 21.7 Å². The van der Waals surface area contributed by atoms with Gasteiger partial charge in [0.15, 0.2) is 0 Å². The largest absolute Gasteiger partial charge is 3.00 e. The molecule has 0 bridgehead atoms. The van der Waals surface area contributed by atoms with Crippen molar-refractivity contribution in [2.24, 2.45) is 0 Å². The van der Waals surface area contributed by atoms with Crippen LogP contribution in [0.4, 0.5) is 0 Å². The Morgan fingerprint density at radius 3 is 1.75 bits per heavy atom. The molecular weight excluding hydrogens is 961 g/mol. The van der Waals surface area contributed by atoms with E-state index in [-0.39, 0.29) is 42.7 Å². The van der Waals surface area contributed by atoms with Crippen LogP contribution in [0.15, 0.2) is 144 Å². The van der Waals surface area contributed by atoms with Gasteiger partial charge in [-0.25, -0.2) is 0 Å². The van der Waals surface area contributed by atoms with Gasteiger partial charge in [0.2, 0.25) is 0 Å². The number of hydrogen-bond donors (Lipinski definition) is 0. The smallest absolute Gasteiger partial charge is 0.500 e. The summed E-state index contributed by atoms with van der Waals surface area (Å²) >= 11 is 0. The summed E-state index contributed by atoms with van der Waals surface area (Å²) in [5.74, 6) is -0.216. The summed E-state index contributed by atoms with van der Waals surface area (Å²) in [7, 11) is 0. The molecular formula is C58H47IrN4O. The Balaban J connectivity index is 0.00000706. The van der Waals surface area contributed by atoms with Crippen LogP contribution in [0, 0.1) is 36.5 Å². The minimum Gasteiger partial charge on any atom is -0.500 e. The summed E-state index contributed by atoms with van der Waals surface area (Å²) in [6.45, 7) is 1.81. The number of benzene rings is 5. The van der Waals surface area contributed by atoms with E-state index >= 15 is 0 Å². The van der Waals surface area contributed by atoms with Crippen LogP contribution in [0.5, 0.6) is 0 Å². The molecule has 0 atom stereocenters. The molecule has 1 saturated carbocycles. The standard InChI is InChI=1S/C58H47N4O.Ir/c1-39-48(35-59)27-28-51-50-17-10-18-52(58(50)63-57(39)51)56-34-53(45-11-8-9-12-45)49(38-62-56)26-23-44-32-42(21-19-40-24-29-54(60-36-40)46-13-4-2-5-14-46)31-43(33-44)22-20-41-25-30-55(61-37-41)47-15-6-3-7-16-47;/h2-7,10,13,15,17,24-25,27-34,36-38,45H,8-9,11-12,19-23,26H2,1H3;/q-3;+3/i19D2,20D2,21D2,22D2,23D2,26D2;. The number of furan rings is 1. The molecule has 64 heavy (non-hydrogen) atoms.